The molecular weight excluding hydrogens is 228 g/mol. The SMILES string of the molecule is CCCN(CC(F)F)C(=O)CC1(O)CCCC1. The number of carbonyl (C=O) groups excluding carboxylic acids is 1. The van der Waals surface area contributed by atoms with E-state index >= 15 is 0 Å². The highest BCUT2D eigenvalue weighted by molar-refractivity contribution is 5.77. The molecule has 0 radical (unpaired) electrons. The molecule has 1 amide bonds. The molecule has 1 saturated carbocycles. The number of hydrogen-bond donors (Lipinski definition) is 1. The van der Waals surface area contributed by atoms with Crippen LogP contribution in [0, 0.1) is 0 Å². The van der Waals surface area contributed by atoms with E-state index in [0.29, 0.717) is 25.8 Å². The summed E-state index contributed by atoms with van der Waals surface area (Å²) in [5, 5.41) is 10.1. The van der Waals surface area contributed by atoms with Crippen LogP contribution in [0.15, 0.2) is 0 Å². The molecule has 1 aliphatic rings. The Morgan fingerprint density at radius 1 is 1.41 bits per heavy atom. The average Bonchev–Trinajstić information content (AvgIpc) is 2.63. The number of alkyl halides is 2. The van der Waals surface area contributed by atoms with Crippen molar-refractivity contribution in [3.63, 3.8) is 0 Å². The van der Waals surface area contributed by atoms with Gasteiger partial charge in [0.05, 0.1) is 18.6 Å². The Kier molecular flexibility index (Phi) is 5.31. The summed E-state index contributed by atoms with van der Waals surface area (Å²) in [6.07, 6.45) is 1.15. The number of nitrogens with zero attached hydrogens (tertiary/aromatic N) is 1. The van der Waals surface area contributed by atoms with Crippen LogP contribution < -0.4 is 0 Å². The standard InChI is InChI=1S/C12H21F2NO2/c1-2-7-15(9-10(13)14)11(16)8-12(17)5-3-4-6-12/h10,17H,2-9H2,1H3. The van der Waals surface area contributed by atoms with Crippen LogP contribution in [-0.4, -0.2) is 41.0 Å². The lowest BCUT2D eigenvalue weighted by molar-refractivity contribution is -0.138. The number of aliphatic hydroxyl groups is 1. The minimum atomic E-state index is -2.51. The van der Waals surface area contributed by atoms with E-state index in [2.05, 4.69) is 0 Å². The van der Waals surface area contributed by atoms with E-state index in [1.807, 2.05) is 6.92 Å². The van der Waals surface area contributed by atoms with Gasteiger partial charge in [-0.05, 0) is 19.3 Å². The van der Waals surface area contributed by atoms with Crippen molar-refractivity contribution >= 4 is 5.91 Å². The molecule has 0 aromatic rings. The monoisotopic (exact) mass is 249 g/mol. The highest BCUT2D eigenvalue weighted by Crippen LogP contribution is 2.32. The Bertz CT molecular complexity index is 253. The van der Waals surface area contributed by atoms with Crippen molar-refractivity contribution in [2.24, 2.45) is 0 Å². The molecule has 0 heterocycles. The first kappa shape index (κ1) is 14.4. The smallest absolute Gasteiger partial charge is 0.255 e. The van der Waals surface area contributed by atoms with Crippen molar-refractivity contribution < 1.29 is 18.7 Å². The lowest BCUT2D eigenvalue weighted by Crippen LogP contribution is -2.40. The maximum Gasteiger partial charge on any atom is 0.255 e. The molecular formula is C12H21F2NO2. The summed E-state index contributed by atoms with van der Waals surface area (Å²) in [5.74, 6) is -0.350. The van der Waals surface area contributed by atoms with Gasteiger partial charge in [0.15, 0.2) is 0 Å². The van der Waals surface area contributed by atoms with Crippen molar-refractivity contribution in [2.45, 2.75) is 57.5 Å². The topological polar surface area (TPSA) is 40.5 Å². The number of rotatable bonds is 6. The molecule has 17 heavy (non-hydrogen) atoms. The van der Waals surface area contributed by atoms with Crippen LogP contribution in [-0.2, 0) is 4.79 Å². The third-order valence-electron chi connectivity index (χ3n) is 3.22. The molecule has 100 valence electrons. The molecule has 5 heteroatoms. The van der Waals surface area contributed by atoms with Gasteiger partial charge in [0.25, 0.3) is 6.43 Å². The third kappa shape index (κ3) is 4.58. The molecule has 0 atom stereocenters. The number of amides is 1. The summed E-state index contributed by atoms with van der Waals surface area (Å²) in [6.45, 7) is 1.65. The highest BCUT2D eigenvalue weighted by atomic mass is 19.3. The maximum atomic E-state index is 12.3. The zero-order valence-corrected chi connectivity index (χ0v) is 10.3. The van der Waals surface area contributed by atoms with Gasteiger partial charge in [-0.25, -0.2) is 8.78 Å². The predicted molar refractivity (Wildman–Crippen MR) is 60.9 cm³/mol. The predicted octanol–water partition coefficient (Wildman–Crippen LogP) is 2.19. The fourth-order valence-electron chi connectivity index (χ4n) is 2.36. The van der Waals surface area contributed by atoms with Crippen molar-refractivity contribution in [1.29, 1.82) is 0 Å². The van der Waals surface area contributed by atoms with E-state index in [9.17, 15) is 18.7 Å². The van der Waals surface area contributed by atoms with Crippen LogP contribution in [0.4, 0.5) is 8.78 Å². The fourth-order valence-corrected chi connectivity index (χ4v) is 2.36. The van der Waals surface area contributed by atoms with E-state index in [1.54, 1.807) is 0 Å². The molecule has 3 nitrogen and oxygen atoms in total. The zero-order valence-electron chi connectivity index (χ0n) is 10.3. The van der Waals surface area contributed by atoms with Gasteiger partial charge < -0.3 is 10.0 Å². The molecule has 0 unspecified atom stereocenters. The number of hydrogen-bond acceptors (Lipinski definition) is 2. The van der Waals surface area contributed by atoms with E-state index in [1.165, 1.54) is 4.90 Å². The van der Waals surface area contributed by atoms with Crippen LogP contribution in [0.2, 0.25) is 0 Å². The highest BCUT2D eigenvalue weighted by Gasteiger charge is 2.35. The summed E-state index contributed by atoms with van der Waals surface area (Å²) in [5.41, 5.74) is -0.953. The molecule has 0 aliphatic heterocycles. The summed E-state index contributed by atoms with van der Waals surface area (Å²) in [4.78, 5) is 13.0. The number of halogens is 2. The molecule has 1 aliphatic carbocycles. The van der Waals surface area contributed by atoms with Crippen LogP contribution >= 0.6 is 0 Å². The van der Waals surface area contributed by atoms with E-state index in [-0.39, 0.29) is 12.3 Å². The zero-order chi connectivity index (χ0) is 12.9. The fraction of sp³-hybridized carbons (Fsp3) is 0.917. The van der Waals surface area contributed by atoms with Gasteiger partial charge in [-0.1, -0.05) is 19.8 Å². The molecule has 0 bridgehead atoms. The first-order valence-corrected chi connectivity index (χ1v) is 6.25. The summed E-state index contributed by atoms with van der Waals surface area (Å²) in [7, 11) is 0. The van der Waals surface area contributed by atoms with Gasteiger partial charge in [0.2, 0.25) is 5.91 Å². The van der Waals surface area contributed by atoms with Crippen LogP contribution in [0.3, 0.4) is 0 Å². The van der Waals surface area contributed by atoms with Gasteiger partial charge >= 0.3 is 0 Å². The van der Waals surface area contributed by atoms with Crippen molar-refractivity contribution in [1.82, 2.24) is 4.90 Å². The molecule has 1 N–H and O–H groups in total. The van der Waals surface area contributed by atoms with Gasteiger partial charge in [0.1, 0.15) is 0 Å². The second-order valence-electron chi connectivity index (χ2n) is 4.84. The van der Waals surface area contributed by atoms with Gasteiger partial charge in [0, 0.05) is 6.54 Å². The quantitative estimate of drug-likeness (QED) is 0.784. The third-order valence-corrected chi connectivity index (χ3v) is 3.22. The normalized spacial score (nSPS) is 18.6. The Morgan fingerprint density at radius 3 is 2.47 bits per heavy atom. The first-order valence-electron chi connectivity index (χ1n) is 6.25. The molecule has 1 fully saturated rings. The second-order valence-corrected chi connectivity index (χ2v) is 4.84. The van der Waals surface area contributed by atoms with Gasteiger partial charge in [-0.2, -0.15) is 0 Å². The van der Waals surface area contributed by atoms with Gasteiger partial charge in [-0.15, -0.1) is 0 Å². The minimum Gasteiger partial charge on any atom is -0.389 e. The lowest BCUT2D eigenvalue weighted by Gasteiger charge is -2.27. The van der Waals surface area contributed by atoms with Crippen molar-refractivity contribution in [2.75, 3.05) is 13.1 Å². The van der Waals surface area contributed by atoms with Crippen LogP contribution in [0.1, 0.15) is 45.4 Å². The minimum absolute atomic E-state index is 0.0142. The average molecular weight is 249 g/mol. The number of carbonyl (C=O) groups is 1. The lowest BCUT2D eigenvalue weighted by atomic mass is 9.97. The van der Waals surface area contributed by atoms with Crippen LogP contribution in [0.5, 0.6) is 0 Å². The van der Waals surface area contributed by atoms with Crippen molar-refractivity contribution in [3.8, 4) is 0 Å². The Labute approximate surface area is 101 Å². The summed E-state index contributed by atoms with van der Waals surface area (Å²) >= 11 is 0. The van der Waals surface area contributed by atoms with E-state index < -0.39 is 18.6 Å². The molecule has 1 rings (SSSR count). The van der Waals surface area contributed by atoms with Gasteiger partial charge in [-0.3, -0.25) is 4.79 Å². The molecule has 0 spiro atoms. The second kappa shape index (κ2) is 6.28. The molecule has 0 aromatic carbocycles. The Hall–Kier alpha value is -0.710. The van der Waals surface area contributed by atoms with Crippen molar-refractivity contribution in [3.05, 3.63) is 0 Å². The molecule has 0 aromatic heterocycles. The van der Waals surface area contributed by atoms with E-state index in [0.717, 1.165) is 12.8 Å². The Morgan fingerprint density at radius 2 is 2.00 bits per heavy atom. The van der Waals surface area contributed by atoms with Crippen LogP contribution in [0.25, 0.3) is 0 Å². The summed E-state index contributed by atoms with van der Waals surface area (Å²) < 4.78 is 24.6. The molecule has 0 saturated heterocycles. The summed E-state index contributed by atoms with van der Waals surface area (Å²) in [6, 6.07) is 0. The maximum absolute atomic E-state index is 12.3. The first-order chi connectivity index (χ1) is 7.97. The largest absolute Gasteiger partial charge is 0.389 e. The van der Waals surface area contributed by atoms with E-state index in [4.69, 9.17) is 0 Å². The Balaban J connectivity index is 2.51.